The number of piperidine rings is 1. The molecule has 1 heterocycles. The third-order valence-electron chi connectivity index (χ3n) is 4.29. The van der Waals surface area contributed by atoms with Gasteiger partial charge >= 0.3 is 0 Å². The van der Waals surface area contributed by atoms with E-state index < -0.39 is 6.04 Å². The van der Waals surface area contributed by atoms with Crippen molar-refractivity contribution in [3.63, 3.8) is 0 Å². The van der Waals surface area contributed by atoms with E-state index in [1.165, 1.54) is 25.8 Å². The van der Waals surface area contributed by atoms with Gasteiger partial charge in [0.1, 0.15) is 0 Å². The molecule has 1 saturated heterocycles. The summed E-state index contributed by atoms with van der Waals surface area (Å²) in [7, 11) is 4.06. The number of hydrogen-bond acceptors (Lipinski definition) is 3. The lowest BCUT2D eigenvalue weighted by Gasteiger charge is -2.35. The summed E-state index contributed by atoms with van der Waals surface area (Å²) in [5, 5.41) is 0. The highest BCUT2D eigenvalue weighted by molar-refractivity contribution is 5.82. The Morgan fingerprint density at radius 3 is 2.58 bits per heavy atom. The van der Waals surface area contributed by atoms with Gasteiger partial charge in [0.25, 0.3) is 0 Å². The fraction of sp³-hybridized carbons (Fsp3) is 0.933. The van der Waals surface area contributed by atoms with E-state index in [2.05, 4.69) is 11.9 Å². The van der Waals surface area contributed by atoms with Crippen LogP contribution in [0.5, 0.6) is 0 Å². The van der Waals surface area contributed by atoms with Crippen LogP contribution in [0.15, 0.2) is 0 Å². The van der Waals surface area contributed by atoms with Crippen LogP contribution < -0.4 is 5.73 Å². The zero-order valence-corrected chi connectivity index (χ0v) is 13.3. The van der Waals surface area contributed by atoms with Crippen LogP contribution in [-0.2, 0) is 4.79 Å². The maximum absolute atomic E-state index is 12.2. The molecule has 0 saturated carbocycles. The normalized spacial score (nSPS) is 23.2. The lowest BCUT2D eigenvalue weighted by molar-refractivity contribution is -0.133. The van der Waals surface area contributed by atoms with Crippen molar-refractivity contribution >= 4 is 5.91 Å². The van der Waals surface area contributed by atoms with Crippen molar-refractivity contribution < 1.29 is 4.79 Å². The predicted octanol–water partition coefficient (Wildman–Crippen LogP) is 1.69. The minimum Gasteiger partial charge on any atom is -0.344 e. The molecule has 4 heteroatoms. The lowest BCUT2D eigenvalue weighted by atomic mass is 9.86. The van der Waals surface area contributed by atoms with Crippen LogP contribution >= 0.6 is 0 Å². The van der Waals surface area contributed by atoms with Crippen LogP contribution in [0.3, 0.4) is 0 Å². The summed E-state index contributed by atoms with van der Waals surface area (Å²) >= 11 is 0. The minimum absolute atomic E-state index is 0.0611. The number of amides is 1. The Morgan fingerprint density at radius 1 is 1.42 bits per heavy atom. The molecule has 0 bridgehead atoms. The number of likely N-dealkylation sites (tertiary alicyclic amines) is 1. The second kappa shape index (κ2) is 6.71. The van der Waals surface area contributed by atoms with Gasteiger partial charge in [0.2, 0.25) is 5.91 Å². The highest BCUT2D eigenvalue weighted by Gasteiger charge is 2.30. The molecule has 1 fully saturated rings. The van der Waals surface area contributed by atoms with Gasteiger partial charge in [-0.25, -0.2) is 0 Å². The van der Waals surface area contributed by atoms with Gasteiger partial charge in [-0.15, -0.1) is 0 Å². The largest absolute Gasteiger partial charge is 0.344 e. The molecule has 1 aliphatic rings. The van der Waals surface area contributed by atoms with Gasteiger partial charge in [0.05, 0.1) is 6.04 Å². The Balaban J connectivity index is 2.42. The standard InChI is InChI=1S/C15H31N3O/c1-15(2,3)13(16)14(19)18(5)11-9-12-8-6-7-10-17(12)4/h12-13H,6-11,16H2,1-5H3/t12?,13-/m1/s1. The Bertz CT molecular complexity index is 298. The van der Waals surface area contributed by atoms with E-state index >= 15 is 0 Å². The van der Waals surface area contributed by atoms with Crippen LogP contribution in [0.1, 0.15) is 46.5 Å². The van der Waals surface area contributed by atoms with E-state index in [1.54, 1.807) is 4.90 Å². The fourth-order valence-electron chi connectivity index (χ4n) is 2.57. The van der Waals surface area contributed by atoms with Crippen molar-refractivity contribution in [2.24, 2.45) is 11.1 Å². The molecule has 0 radical (unpaired) electrons. The van der Waals surface area contributed by atoms with Crippen molar-refractivity contribution in [1.29, 1.82) is 0 Å². The van der Waals surface area contributed by atoms with Gasteiger partial charge in [0.15, 0.2) is 0 Å². The van der Waals surface area contributed by atoms with E-state index in [9.17, 15) is 4.79 Å². The van der Waals surface area contributed by atoms with Crippen LogP contribution in [0, 0.1) is 5.41 Å². The third-order valence-corrected chi connectivity index (χ3v) is 4.29. The average Bonchev–Trinajstić information content (AvgIpc) is 2.34. The summed E-state index contributed by atoms with van der Waals surface area (Å²) in [5.74, 6) is 0.0611. The molecule has 0 aromatic rings. The third kappa shape index (κ3) is 4.77. The first-order valence-corrected chi connectivity index (χ1v) is 7.44. The molecule has 112 valence electrons. The summed E-state index contributed by atoms with van der Waals surface area (Å²) in [5.41, 5.74) is 5.86. The quantitative estimate of drug-likeness (QED) is 0.845. The lowest BCUT2D eigenvalue weighted by Crippen LogP contribution is -2.50. The van der Waals surface area contributed by atoms with Gasteiger partial charge in [-0.2, -0.15) is 0 Å². The van der Waals surface area contributed by atoms with Crippen molar-refractivity contribution in [1.82, 2.24) is 9.80 Å². The highest BCUT2D eigenvalue weighted by Crippen LogP contribution is 2.20. The van der Waals surface area contributed by atoms with Crippen LogP contribution in [-0.4, -0.2) is 55.0 Å². The maximum atomic E-state index is 12.2. The minimum atomic E-state index is -0.415. The number of carbonyl (C=O) groups excluding carboxylic acids is 1. The Morgan fingerprint density at radius 2 is 2.05 bits per heavy atom. The Labute approximate surface area is 118 Å². The first kappa shape index (κ1) is 16.4. The Hall–Kier alpha value is -0.610. The molecule has 19 heavy (non-hydrogen) atoms. The first-order chi connectivity index (χ1) is 8.73. The van der Waals surface area contributed by atoms with Crippen LogP contribution in [0.4, 0.5) is 0 Å². The average molecular weight is 269 g/mol. The second-order valence-electron chi connectivity index (χ2n) is 7.02. The summed E-state index contributed by atoms with van der Waals surface area (Å²) in [6.07, 6.45) is 4.92. The van der Waals surface area contributed by atoms with E-state index in [-0.39, 0.29) is 11.3 Å². The van der Waals surface area contributed by atoms with Crippen molar-refractivity contribution in [3.05, 3.63) is 0 Å². The first-order valence-electron chi connectivity index (χ1n) is 7.44. The predicted molar refractivity (Wildman–Crippen MR) is 80.0 cm³/mol. The molecule has 1 aliphatic heterocycles. The molecule has 0 aromatic carbocycles. The molecule has 0 spiro atoms. The molecule has 2 N–H and O–H groups in total. The molecule has 0 aliphatic carbocycles. The monoisotopic (exact) mass is 269 g/mol. The number of rotatable bonds is 4. The van der Waals surface area contributed by atoms with E-state index in [1.807, 2.05) is 27.8 Å². The summed E-state index contributed by atoms with van der Waals surface area (Å²) in [6, 6.07) is 0.205. The van der Waals surface area contributed by atoms with Crippen LogP contribution in [0.2, 0.25) is 0 Å². The van der Waals surface area contributed by atoms with Crippen molar-refractivity contribution in [2.45, 2.75) is 58.5 Å². The van der Waals surface area contributed by atoms with Crippen molar-refractivity contribution in [2.75, 3.05) is 27.2 Å². The second-order valence-corrected chi connectivity index (χ2v) is 7.02. The zero-order chi connectivity index (χ0) is 14.6. The molecular weight excluding hydrogens is 238 g/mol. The summed E-state index contributed by atoms with van der Waals surface area (Å²) < 4.78 is 0. The van der Waals surface area contributed by atoms with Gasteiger partial charge in [0, 0.05) is 19.6 Å². The van der Waals surface area contributed by atoms with Gasteiger partial charge in [-0.1, -0.05) is 27.2 Å². The molecule has 4 nitrogen and oxygen atoms in total. The molecule has 1 rings (SSSR count). The smallest absolute Gasteiger partial charge is 0.239 e. The maximum Gasteiger partial charge on any atom is 0.239 e. The molecule has 0 aromatic heterocycles. The van der Waals surface area contributed by atoms with Crippen LogP contribution in [0.25, 0.3) is 0 Å². The number of likely N-dealkylation sites (N-methyl/N-ethyl adjacent to an activating group) is 1. The summed E-state index contributed by atoms with van der Waals surface area (Å²) in [4.78, 5) is 16.5. The van der Waals surface area contributed by atoms with E-state index in [4.69, 9.17) is 5.73 Å². The molecular formula is C15H31N3O. The number of nitrogens with two attached hydrogens (primary N) is 1. The zero-order valence-electron chi connectivity index (χ0n) is 13.3. The Kier molecular flexibility index (Phi) is 5.81. The van der Waals surface area contributed by atoms with Gasteiger partial charge in [-0.05, 0) is 38.3 Å². The number of nitrogens with zero attached hydrogens (tertiary/aromatic N) is 2. The van der Waals surface area contributed by atoms with E-state index in [0.717, 1.165) is 13.0 Å². The molecule has 2 atom stereocenters. The fourth-order valence-corrected chi connectivity index (χ4v) is 2.57. The highest BCUT2D eigenvalue weighted by atomic mass is 16.2. The topological polar surface area (TPSA) is 49.6 Å². The summed E-state index contributed by atoms with van der Waals surface area (Å²) in [6.45, 7) is 8.02. The van der Waals surface area contributed by atoms with Gasteiger partial charge in [-0.3, -0.25) is 4.79 Å². The van der Waals surface area contributed by atoms with E-state index in [0.29, 0.717) is 6.04 Å². The SMILES string of the molecule is CN(CCC1CCCCN1C)C(=O)[C@@H](N)C(C)(C)C. The molecule has 1 amide bonds. The molecule has 1 unspecified atom stereocenters. The van der Waals surface area contributed by atoms with Gasteiger partial charge < -0.3 is 15.5 Å². The number of carbonyl (C=O) groups is 1. The number of hydrogen-bond donors (Lipinski definition) is 1. The van der Waals surface area contributed by atoms with Crippen molar-refractivity contribution in [3.8, 4) is 0 Å².